The molecule has 7 nitrogen and oxygen atoms in total. The SMILES string of the molecule is Cc1ccc(Cl)c2c(N=NC(=O)/C(=C/C=C/c3ccccc3)NC(=O)c3ccccc3)c(O)[nH]c12. The molecule has 174 valence electrons. The first-order valence-electron chi connectivity index (χ1n) is 10.7. The van der Waals surface area contributed by atoms with Crippen LogP contribution in [0.4, 0.5) is 5.69 Å². The first-order chi connectivity index (χ1) is 16.9. The van der Waals surface area contributed by atoms with Crippen LogP contribution >= 0.6 is 11.6 Å². The van der Waals surface area contributed by atoms with E-state index < -0.39 is 11.8 Å². The van der Waals surface area contributed by atoms with Crippen LogP contribution in [-0.4, -0.2) is 21.9 Å². The van der Waals surface area contributed by atoms with E-state index in [-0.39, 0.29) is 17.3 Å². The summed E-state index contributed by atoms with van der Waals surface area (Å²) in [6, 6.07) is 21.5. The zero-order chi connectivity index (χ0) is 24.8. The van der Waals surface area contributed by atoms with Crippen molar-refractivity contribution in [3.05, 3.63) is 112 Å². The van der Waals surface area contributed by atoms with Crippen molar-refractivity contribution in [2.75, 3.05) is 0 Å². The van der Waals surface area contributed by atoms with Gasteiger partial charge in [0.05, 0.1) is 15.9 Å². The molecule has 4 rings (SSSR count). The normalized spacial score (nSPS) is 12.0. The summed E-state index contributed by atoms with van der Waals surface area (Å²) in [4.78, 5) is 28.4. The summed E-state index contributed by atoms with van der Waals surface area (Å²) in [5.41, 5.74) is 2.68. The maximum atomic E-state index is 12.9. The standard InChI is InChI=1S/C27H21ClN4O3/c1-17-15-16-20(28)22-23(17)30-27(35)24(22)31-32-26(34)21(14-8-11-18-9-4-2-5-10-18)29-25(33)19-12-6-3-7-13-19/h2-16,30,35H,1H3,(H,29,33)/b11-8+,21-14-,32-31?. The molecule has 0 aliphatic rings. The Labute approximate surface area is 206 Å². The number of benzene rings is 3. The fourth-order valence-corrected chi connectivity index (χ4v) is 3.63. The summed E-state index contributed by atoms with van der Waals surface area (Å²) in [5, 5.41) is 21.4. The van der Waals surface area contributed by atoms with Crippen LogP contribution < -0.4 is 5.32 Å². The van der Waals surface area contributed by atoms with E-state index in [2.05, 4.69) is 20.5 Å². The largest absolute Gasteiger partial charge is 0.493 e. The fourth-order valence-electron chi connectivity index (χ4n) is 3.39. The van der Waals surface area contributed by atoms with Gasteiger partial charge in [-0.15, -0.1) is 10.2 Å². The quantitative estimate of drug-likeness (QED) is 0.166. The molecule has 1 aromatic heterocycles. The second kappa shape index (κ2) is 10.6. The number of amides is 2. The first kappa shape index (κ1) is 23.7. The number of aromatic hydroxyl groups is 1. The minimum absolute atomic E-state index is 0.0376. The van der Waals surface area contributed by atoms with Crippen LogP contribution in [0, 0.1) is 6.92 Å². The Kier molecular flexibility index (Phi) is 7.18. The Morgan fingerprint density at radius 1 is 1.00 bits per heavy atom. The predicted octanol–water partition coefficient (Wildman–Crippen LogP) is 6.47. The fraction of sp³-hybridized carbons (Fsp3) is 0.0370. The number of aromatic nitrogens is 1. The van der Waals surface area contributed by atoms with Gasteiger partial charge in [0.25, 0.3) is 5.91 Å². The molecule has 1 heterocycles. The molecule has 0 aliphatic carbocycles. The lowest BCUT2D eigenvalue weighted by atomic mass is 10.1. The number of fused-ring (bicyclic) bond motifs is 1. The van der Waals surface area contributed by atoms with E-state index in [0.29, 0.717) is 21.5 Å². The molecule has 0 radical (unpaired) electrons. The van der Waals surface area contributed by atoms with Gasteiger partial charge < -0.3 is 15.4 Å². The van der Waals surface area contributed by atoms with Gasteiger partial charge in [-0.25, -0.2) is 0 Å². The number of aromatic amines is 1. The number of azo groups is 1. The molecule has 0 bridgehead atoms. The number of hydrogen-bond acceptors (Lipinski definition) is 4. The molecule has 0 atom stereocenters. The highest BCUT2D eigenvalue weighted by molar-refractivity contribution is 6.36. The molecule has 3 aromatic carbocycles. The van der Waals surface area contributed by atoms with Crippen LogP contribution in [0.5, 0.6) is 5.88 Å². The monoisotopic (exact) mass is 484 g/mol. The van der Waals surface area contributed by atoms with Crippen molar-refractivity contribution in [3.8, 4) is 5.88 Å². The van der Waals surface area contributed by atoms with Crippen molar-refractivity contribution < 1.29 is 14.7 Å². The molecule has 8 heteroatoms. The molecule has 0 saturated carbocycles. The maximum Gasteiger partial charge on any atom is 0.311 e. The highest BCUT2D eigenvalue weighted by atomic mass is 35.5. The van der Waals surface area contributed by atoms with Gasteiger partial charge in [-0.05, 0) is 42.3 Å². The molecule has 3 N–H and O–H groups in total. The van der Waals surface area contributed by atoms with Gasteiger partial charge in [-0.1, -0.05) is 78.4 Å². The van der Waals surface area contributed by atoms with Crippen molar-refractivity contribution in [1.82, 2.24) is 10.3 Å². The van der Waals surface area contributed by atoms with Gasteiger partial charge in [-0.3, -0.25) is 9.59 Å². The first-order valence-corrected chi connectivity index (χ1v) is 11.1. The Morgan fingerprint density at radius 2 is 1.69 bits per heavy atom. The molecule has 4 aromatic rings. The molecule has 0 saturated heterocycles. The highest BCUT2D eigenvalue weighted by Crippen LogP contribution is 2.40. The van der Waals surface area contributed by atoms with Crippen molar-refractivity contribution in [3.63, 3.8) is 0 Å². The third-order valence-electron chi connectivity index (χ3n) is 5.17. The van der Waals surface area contributed by atoms with Crippen LogP contribution in [0.3, 0.4) is 0 Å². The molecule has 35 heavy (non-hydrogen) atoms. The average molecular weight is 485 g/mol. The van der Waals surface area contributed by atoms with E-state index in [1.54, 1.807) is 54.6 Å². The van der Waals surface area contributed by atoms with E-state index in [9.17, 15) is 14.7 Å². The summed E-state index contributed by atoms with van der Waals surface area (Å²) in [6.45, 7) is 1.85. The lowest BCUT2D eigenvalue weighted by Crippen LogP contribution is -2.26. The summed E-state index contributed by atoms with van der Waals surface area (Å²) >= 11 is 6.29. The highest BCUT2D eigenvalue weighted by Gasteiger charge is 2.17. The Hall–Kier alpha value is -4.49. The lowest BCUT2D eigenvalue weighted by molar-refractivity contribution is -0.115. The van der Waals surface area contributed by atoms with Crippen LogP contribution in [0.25, 0.3) is 17.0 Å². The van der Waals surface area contributed by atoms with Crippen molar-refractivity contribution in [2.24, 2.45) is 10.2 Å². The number of H-pyrrole nitrogens is 1. The Morgan fingerprint density at radius 3 is 2.40 bits per heavy atom. The third-order valence-corrected chi connectivity index (χ3v) is 5.49. The van der Waals surface area contributed by atoms with E-state index in [0.717, 1.165) is 11.1 Å². The van der Waals surface area contributed by atoms with Crippen LogP contribution in [0.15, 0.2) is 101 Å². The Balaban J connectivity index is 1.65. The van der Waals surface area contributed by atoms with Gasteiger partial charge in [0.2, 0.25) is 5.88 Å². The van der Waals surface area contributed by atoms with E-state index in [1.807, 2.05) is 37.3 Å². The Bertz CT molecular complexity index is 1470. The lowest BCUT2D eigenvalue weighted by Gasteiger charge is -2.06. The third kappa shape index (κ3) is 5.54. The molecule has 2 amide bonds. The van der Waals surface area contributed by atoms with Gasteiger partial charge in [0, 0.05) is 5.56 Å². The summed E-state index contributed by atoms with van der Waals surface area (Å²) < 4.78 is 0. The van der Waals surface area contributed by atoms with Gasteiger partial charge in [0.1, 0.15) is 5.70 Å². The zero-order valence-electron chi connectivity index (χ0n) is 18.7. The maximum absolute atomic E-state index is 12.9. The molecule has 0 spiro atoms. The number of hydrogen-bond donors (Lipinski definition) is 3. The molecule has 0 fully saturated rings. The molecule has 0 unspecified atom stereocenters. The second-order valence-electron chi connectivity index (χ2n) is 7.61. The number of allylic oxidation sites excluding steroid dienone is 2. The molecule has 0 aliphatic heterocycles. The van der Waals surface area contributed by atoms with Gasteiger partial charge >= 0.3 is 5.91 Å². The van der Waals surface area contributed by atoms with Crippen molar-refractivity contribution >= 4 is 46.1 Å². The number of nitrogens with zero attached hydrogens (tertiary/aromatic N) is 2. The van der Waals surface area contributed by atoms with Gasteiger partial charge in [0.15, 0.2) is 5.69 Å². The smallest absolute Gasteiger partial charge is 0.311 e. The van der Waals surface area contributed by atoms with E-state index >= 15 is 0 Å². The number of halogens is 1. The zero-order valence-corrected chi connectivity index (χ0v) is 19.5. The second-order valence-corrected chi connectivity index (χ2v) is 8.02. The molecular formula is C27H21ClN4O3. The topological polar surface area (TPSA) is 107 Å². The number of carbonyl (C=O) groups excluding carboxylic acids is 2. The number of carbonyl (C=O) groups is 2. The summed E-state index contributed by atoms with van der Waals surface area (Å²) in [7, 11) is 0. The summed E-state index contributed by atoms with van der Waals surface area (Å²) in [6.07, 6.45) is 4.86. The van der Waals surface area contributed by atoms with Gasteiger partial charge in [-0.2, -0.15) is 0 Å². The van der Waals surface area contributed by atoms with Crippen LogP contribution in [-0.2, 0) is 4.79 Å². The number of rotatable bonds is 6. The number of aryl methyl sites for hydroxylation is 1. The van der Waals surface area contributed by atoms with E-state index in [4.69, 9.17) is 11.6 Å². The van der Waals surface area contributed by atoms with Crippen LogP contribution in [0.1, 0.15) is 21.5 Å². The minimum atomic E-state index is -0.801. The van der Waals surface area contributed by atoms with Crippen molar-refractivity contribution in [1.29, 1.82) is 0 Å². The van der Waals surface area contributed by atoms with E-state index in [1.165, 1.54) is 6.08 Å². The predicted molar refractivity (Wildman–Crippen MR) is 137 cm³/mol. The van der Waals surface area contributed by atoms with Crippen molar-refractivity contribution in [2.45, 2.75) is 6.92 Å². The average Bonchev–Trinajstić information content (AvgIpc) is 3.22. The molecular weight excluding hydrogens is 464 g/mol. The minimum Gasteiger partial charge on any atom is -0.493 e. The van der Waals surface area contributed by atoms with Crippen LogP contribution in [0.2, 0.25) is 5.02 Å². The summed E-state index contributed by atoms with van der Waals surface area (Å²) in [5.74, 6) is -1.54. The number of nitrogens with one attached hydrogen (secondary N) is 2.